The van der Waals surface area contributed by atoms with E-state index >= 15 is 0 Å². The molecule has 0 amide bonds. The fraction of sp³-hybridized carbons (Fsp3) is 0.750. The minimum atomic E-state index is 0.398. The molecular weight excluding hydrogens is 300 g/mol. The Bertz CT molecular complexity index is 541. The van der Waals surface area contributed by atoms with Gasteiger partial charge in [0, 0.05) is 37.0 Å². The van der Waals surface area contributed by atoms with Crippen LogP contribution in [0.2, 0.25) is 0 Å². The second-order valence-corrected chi connectivity index (χ2v) is 7.51. The zero-order valence-electron chi connectivity index (χ0n) is 15.5. The second-order valence-electron chi connectivity index (χ2n) is 7.51. The number of aromatic nitrogens is 1. The van der Waals surface area contributed by atoms with Crippen molar-refractivity contribution < 1.29 is 9.47 Å². The summed E-state index contributed by atoms with van der Waals surface area (Å²) < 4.78 is 11.6. The first kappa shape index (κ1) is 17.7. The van der Waals surface area contributed by atoms with Crippen molar-refractivity contribution in [1.29, 1.82) is 0 Å². The summed E-state index contributed by atoms with van der Waals surface area (Å²) in [7, 11) is 1.74. The third-order valence-electron chi connectivity index (χ3n) is 5.67. The molecule has 0 spiro atoms. The number of hydrogen-bond acceptors (Lipinski definition) is 4. The number of ether oxygens (including phenoxy) is 2. The first-order valence-corrected chi connectivity index (χ1v) is 9.50. The maximum atomic E-state index is 6.06. The monoisotopic (exact) mass is 332 g/mol. The lowest BCUT2D eigenvalue weighted by molar-refractivity contribution is -0.0443. The van der Waals surface area contributed by atoms with Crippen LogP contribution in [0.4, 0.5) is 0 Å². The van der Waals surface area contributed by atoms with Gasteiger partial charge in [-0.05, 0) is 26.2 Å². The lowest BCUT2D eigenvalue weighted by Crippen LogP contribution is -2.43. The predicted octanol–water partition coefficient (Wildman–Crippen LogP) is 3.88. The molecule has 134 valence electrons. The fourth-order valence-corrected chi connectivity index (χ4v) is 4.30. The summed E-state index contributed by atoms with van der Waals surface area (Å²) in [6, 6.07) is 0. The molecule has 1 saturated heterocycles. The van der Waals surface area contributed by atoms with E-state index in [0.717, 1.165) is 49.2 Å². The molecule has 0 bridgehead atoms. The van der Waals surface area contributed by atoms with E-state index < -0.39 is 0 Å². The Morgan fingerprint density at radius 2 is 2.04 bits per heavy atom. The van der Waals surface area contributed by atoms with E-state index in [0.29, 0.717) is 6.10 Å². The van der Waals surface area contributed by atoms with Gasteiger partial charge in [-0.2, -0.15) is 0 Å². The van der Waals surface area contributed by atoms with Crippen molar-refractivity contribution in [2.45, 2.75) is 65.0 Å². The molecule has 2 aliphatic rings. The zero-order chi connectivity index (χ0) is 16.9. The number of rotatable bonds is 5. The summed E-state index contributed by atoms with van der Waals surface area (Å²) in [5.41, 5.74) is 3.42. The fourth-order valence-electron chi connectivity index (χ4n) is 4.30. The van der Waals surface area contributed by atoms with Crippen molar-refractivity contribution in [2.75, 3.05) is 26.8 Å². The van der Waals surface area contributed by atoms with Crippen molar-refractivity contribution in [2.24, 2.45) is 5.92 Å². The topological polar surface area (TPSA) is 34.6 Å². The molecule has 2 heterocycles. The standard InChI is InChI=1S/C20H32N2O2/c1-15-12-21-19(16(2)20(15)23-3)14-22-9-10-24-18(13-22)11-17-7-5-4-6-8-17/h12,17-18H,4-11,13-14H2,1-3H3. The van der Waals surface area contributed by atoms with Crippen LogP contribution in [-0.4, -0.2) is 42.8 Å². The molecule has 1 aliphatic carbocycles. The molecule has 1 saturated carbocycles. The van der Waals surface area contributed by atoms with Gasteiger partial charge in [-0.15, -0.1) is 0 Å². The van der Waals surface area contributed by atoms with Crippen LogP contribution in [0.5, 0.6) is 5.75 Å². The smallest absolute Gasteiger partial charge is 0.128 e. The lowest BCUT2D eigenvalue weighted by atomic mass is 9.85. The summed E-state index contributed by atoms with van der Waals surface area (Å²) >= 11 is 0. The number of morpholine rings is 1. The van der Waals surface area contributed by atoms with Crippen molar-refractivity contribution in [3.63, 3.8) is 0 Å². The first-order chi connectivity index (χ1) is 11.7. The second kappa shape index (κ2) is 8.30. The van der Waals surface area contributed by atoms with E-state index in [1.807, 2.05) is 6.20 Å². The molecule has 1 aliphatic heterocycles. The van der Waals surface area contributed by atoms with Gasteiger partial charge >= 0.3 is 0 Å². The average Bonchev–Trinajstić information content (AvgIpc) is 2.59. The molecule has 4 heteroatoms. The van der Waals surface area contributed by atoms with Crippen molar-refractivity contribution >= 4 is 0 Å². The third-order valence-corrected chi connectivity index (χ3v) is 5.67. The number of aryl methyl sites for hydroxylation is 1. The molecule has 0 N–H and O–H groups in total. The Kier molecular flexibility index (Phi) is 6.12. The highest BCUT2D eigenvalue weighted by molar-refractivity contribution is 5.41. The molecule has 2 fully saturated rings. The van der Waals surface area contributed by atoms with Crippen LogP contribution in [0.1, 0.15) is 55.3 Å². The van der Waals surface area contributed by atoms with Gasteiger partial charge < -0.3 is 9.47 Å². The zero-order valence-corrected chi connectivity index (χ0v) is 15.5. The maximum Gasteiger partial charge on any atom is 0.128 e. The van der Waals surface area contributed by atoms with Crippen LogP contribution in [0.15, 0.2) is 6.20 Å². The molecule has 0 radical (unpaired) electrons. The molecule has 1 aromatic rings. The van der Waals surface area contributed by atoms with Gasteiger partial charge in [-0.1, -0.05) is 32.1 Å². The number of nitrogens with zero attached hydrogens (tertiary/aromatic N) is 2. The summed E-state index contributed by atoms with van der Waals surface area (Å²) in [6.07, 6.45) is 10.6. The Morgan fingerprint density at radius 3 is 2.79 bits per heavy atom. The number of methoxy groups -OCH3 is 1. The largest absolute Gasteiger partial charge is 0.496 e. The molecule has 1 unspecified atom stereocenters. The van der Waals surface area contributed by atoms with E-state index in [1.54, 1.807) is 7.11 Å². The quantitative estimate of drug-likeness (QED) is 0.819. The van der Waals surface area contributed by atoms with Crippen molar-refractivity contribution in [3.8, 4) is 5.75 Å². The summed E-state index contributed by atoms with van der Waals surface area (Å²) in [5.74, 6) is 1.86. The molecule has 0 aromatic carbocycles. The van der Waals surface area contributed by atoms with Gasteiger partial charge in [0.1, 0.15) is 5.75 Å². The van der Waals surface area contributed by atoms with Crippen LogP contribution in [0.3, 0.4) is 0 Å². The van der Waals surface area contributed by atoms with E-state index in [4.69, 9.17) is 9.47 Å². The Labute approximate surface area is 146 Å². The van der Waals surface area contributed by atoms with Gasteiger partial charge in [-0.25, -0.2) is 0 Å². The molecule has 24 heavy (non-hydrogen) atoms. The summed E-state index contributed by atoms with van der Waals surface area (Å²) in [6.45, 7) is 7.95. The minimum absolute atomic E-state index is 0.398. The third kappa shape index (κ3) is 4.28. The first-order valence-electron chi connectivity index (χ1n) is 9.50. The average molecular weight is 332 g/mol. The molecular formula is C20H32N2O2. The predicted molar refractivity (Wildman–Crippen MR) is 96.5 cm³/mol. The van der Waals surface area contributed by atoms with Crippen LogP contribution in [0, 0.1) is 19.8 Å². The highest BCUT2D eigenvalue weighted by Gasteiger charge is 2.25. The molecule has 1 atom stereocenters. The van der Waals surface area contributed by atoms with Crippen LogP contribution >= 0.6 is 0 Å². The van der Waals surface area contributed by atoms with E-state index in [1.165, 1.54) is 44.1 Å². The number of pyridine rings is 1. The van der Waals surface area contributed by atoms with Crippen LogP contribution in [-0.2, 0) is 11.3 Å². The van der Waals surface area contributed by atoms with Gasteiger partial charge in [0.15, 0.2) is 0 Å². The Morgan fingerprint density at radius 1 is 1.25 bits per heavy atom. The van der Waals surface area contributed by atoms with Crippen molar-refractivity contribution in [3.05, 3.63) is 23.0 Å². The van der Waals surface area contributed by atoms with Crippen LogP contribution < -0.4 is 4.74 Å². The van der Waals surface area contributed by atoms with Gasteiger partial charge in [0.05, 0.1) is 25.5 Å². The molecule has 1 aromatic heterocycles. The Balaban J connectivity index is 1.59. The normalized spacial score (nSPS) is 23.4. The van der Waals surface area contributed by atoms with Gasteiger partial charge in [0.25, 0.3) is 0 Å². The summed E-state index contributed by atoms with van der Waals surface area (Å²) in [5, 5.41) is 0. The minimum Gasteiger partial charge on any atom is -0.496 e. The molecule has 4 nitrogen and oxygen atoms in total. The lowest BCUT2D eigenvalue weighted by Gasteiger charge is -2.35. The highest BCUT2D eigenvalue weighted by Crippen LogP contribution is 2.30. The van der Waals surface area contributed by atoms with Gasteiger partial charge in [0.2, 0.25) is 0 Å². The number of hydrogen-bond donors (Lipinski definition) is 0. The van der Waals surface area contributed by atoms with E-state index in [2.05, 4.69) is 23.7 Å². The summed E-state index contributed by atoms with van der Waals surface area (Å²) in [4.78, 5) is 7.16. The van der Waals surface area contributed by atoms with Crippen LogP contribution in [0.25, 0.3) is 0 Å². The maximum absolute atomic E-state index is 6.06. The molecule has 3 rings (SSSR count). The van der Waals surface area contributed by atoms with Crippen molar-refractivity contribution in [1.82, 2.24) is 9.88 Å². The van der Waals surface area contributed by atoms with E-state index in [-0.39, 0.29) is 0 Å². The Hall–Kier alpha value is -1.13. The SMILES string of the molecule is COc1c(C)cnc(CN2CCOC(CC3CCCCC3)C2)c1C. The highest BCUT2D eigenvalue weighted by atomic mass is 16.5. The van der Waals surface area contributed by atoms with Gasteiger partial charge in [-0.3, -0.25) is 9.88 Å². The van der Waals surface area contributed by atoms with E-state index in [9.17, 15) is 0 Å².